The van der Waals surface area contributed by atoms with Crippen LogP contribution in [0.25, 0.3) is 0 Å². The SMILES string of the molecule is CCNC(=NCc1c(CC)nn(C)c1CC)NCC.I. The number of guanidine groups is 1. The van der Waals surface area contributed by atoms with Crippen LogP contribution in [-0.4, -0.2) is 28.8 Å². The maximum Gasteiger partial charge on any atom is 0.191 e. The molecule has 1 rings (SSSR count). The summed E-state index contributed by atoms with van der Waals surface area (Å²) in [7, 11) is 2.01. The zero-order chi connectivity index (χ0) is 14.3. The summed E-state index contributed by atoms with van der Waals surface area (Å²) in [6.45, 7) is 10.9. The topological polar surface area (TPSA) is 54.2 Å². The van der Waals surface area contributed by atoms with Gasteiger partial charge < -0.3 is 10.6 Å². The molecule has 2 N–H and O–H groups in total. The summed E-state index contributed by atoms with van der Waals surface area (Å²) < 4.78 is 1.99. The fraction of sp³-hybridized carbons (Fsp3) is 0.714. The Morgan fingerprint density at radius 1 is 1.10 bits per heavy atom. The first kappa shape index (κ1) is 19.2. The summed E-state index contributed by atoms with van der Waals surface area (Å²) in [5.41, 5.74) is 3.73. The van der Waals surface area contributed by atoms with Gasteiger partial charge in [0.15, 0.2) is 5.96 Å². The number of hydrogen-bond donors (Lipinski definition) is 2. The first-order chi connectivity index (χ1) is 9.17. The maximum absolute atomic E-state index is 4.65. The van der Waals surface area contributed by atoms with Gasteiger partial charge in [0, 0.05) is 31.4 Å². The van der Waals surface area contributed by atoms with Crippen molar-refractivity contribution < 1.29 is 0 Å². The largest absolute Gasteiger partial charge is 0.357 e. The van der Waals surface area contributed by atoms with Crippen LogP contribution in [0, 0.1) is 0 Å². The Morgan fingerprint density at radius 2 is 1.70 bits per heavy atom. The van der Waals surface area contributed by atoms with E-state index < -0.39 is 0 Å². The van der Waals surface area contributed by atoms with Crippen LogP contribution in [0.2, 0.25) is 0 Å². The van der Waals surface area contributed by atoms with Crippen molar-refractivity contribution in [2.24, 2.45) is 12.0 Å². The quantitative estimate of drug-likeness (QED) is 0.443. The van der Waals surface area contributed by atoms with E-state index in [0.717, 1.165) is 37.6 Å². The Balaban J connectivity index is 0.00000361. The number of aryl methyl sites for hydroxylation is 2. The molecule has 0 aliphatic heterocycles. The summed E-state index contributed by atoms with van der Waals surface area (Å²) in [5.74, 6) is 0.873. The van der Waals surface area contributed by atoms with E-state index in [-0.39, 0.29) is 24.0 Å². The van der Waals surface area contributed by atoms with Crippen LogP contribution in [0.15, 0.2) is 4.99 Å². The molecule has 0 amide bonds. The second kappa shape index (κ2) is 10.0. The van der Waals surface area contributed by atoms with Crippen molar-refractivity contribution in [2.45, 2.75) is 47.1 Å². The molecule has 0 spiro atoms. The minimum atomic E-state index is 0. The number of nitrogens with zero attached hydrogens (tertiary/aromatic N) is 3. The van der Waals surface area contributed by atoms with Crippen LogP contribution in [-0.2, 0) is 26.4 Å². The molecule has 0 aromatic carbocycles. The molecular formula is C14H28IN5. The van der Waals surface area contributed by atoms with Gasteiger partial charge in [-0.1, -0.05) is 13.8 Å². The molecule has 0 saturated carbocycles. The van der Waals surface area contributed by atoms with Gasteiger partial charge >= 0.3 is 0 Å². The van der Waals surface area contributed by atoms with Gasteiger partial charge in [-0.15, -0.1) is 24.0 Å². The molecule has 0 saturated heterocycles. The predicted molar refractivity (Wildman–Crippen MR) is 95.9 cm³/mol. The Hall–Kier alpha value is -0.790. The number of halogens is 1. The van der Waals surface area contributed by atoms with Crippen LogP contribution >= 0.6 is 24.0 Å². The third kappa shape index (κ3) is 4.96. The molecular weight excluding hydrogens is 365 g/mol. The Kier molecular flexibility index (Phi) is 9.62. The minimum absolute atomic E-state index is 0. The lowest BCUT2D eigenvalue weighted by molar-refractivity contribution is 0.703. The van der Waals surface area contributed by atoms with Crippen LogP contribution < -0.4 is 10.6 Å². The van der Waals surface area contributed by atoms with Crippen molar-refractivity contribution in [3.05, 3.63) is 17.0 Å². The normalized spacial score (nSPS) is 9.85. The maximum atomic E-state index is 4.65. The zero-order valence-corrected chi connectivity index (χ0v) is 15.6. The second-order valence-corrected chi connectivity index (χ2v) is 4.43. The molecule has 0 radical (unpaired) electrons. The lowest BCUT2D eigenvalue weighted by atomic mass is 10.1. The number of hydrogen-bond acceptors (Lipinski definition) is 2. The van der Waals surface area contributed by atoms with Crippen LogP contribution in [0.4, 0.5) is 0 Å². The highest BCUT2D eigenvalue weighted by molar-refractivity contribution is 14.0. The Bertz CT molecular complexity index is 417. The number of nitrogens with one attached hydrogen (secondary N) is 2. The van der Waals surface area contributed by atoms with Gasteiger partial charge in [-0.25, -0.2) is 4.99 Å². The van der Waals surface area contributed by atoms with Gasteiger partial charge in [0.2, 0.25) is 0 Å². The predicted octanol–water partition coefficient (Wildman–Crippen LogP) is 2.24. The molecule has 116 valence electrons. The molecule has 1 aromatic rings. The number of aromatic nitrogens is 2. The fourth-order valence-electron chi connectivity index (χ4n) is 2.24. The lowest BCUT2D eigenvalue weighted by Gasteiger charge is -2.09. The molecule has 6 heteroatoms. The highest BCUT2D eigenvalue weighted by Crippen LogP contribution is 2.16. The van der Waals surface area contributed by atoms with Crippen LogP contribution in [0.5, 0.6) is 0 Å². The molecule has 0 aliphatic carbocycles. The van der Waals surface area contributed by atoms with Crippen molar-refractivity contribution >= 4 is 29.9 Å². The zero-order valence-electron chi connectivity index (χ0n) is 13.3. The third-order valence-electron chi connectivity index (χ3n) is 3.11. The van der Waals surface area contributed by atoms with Gasteiger partial charge in [-0.3, -0.25) is 4.68 Å². The molecule has 0 bridgehead atoms. The minimum Gasteiger partial charge on any atom is -0.357 e. The summed E-state index contributed by atoms with van der Waals surface area (Å²) in [6.07, 6.45) is 1.95. The highest BCUT2D eigenvalue weighted by Gasteiger charge is 2.13. The second-order valence-electron chi connectivity index (χ2n) is 4.43. The smallest absolute Gasteiger partial charge is 0.191 e. The third-order valence-corrected chi connectivity index (χ3v) is 3.11. The molecule has 0 aliphatic rings. The van der Waals surface area contributed by atoms with E-state index in [4.69, 9.17) is 0 Å². The summed E-state index contributed by atoms with van der Waals surface area (Å²) >= 11 is 0. The Morgan fingerprint density at radius 3 is 2.15 bits per heavy atom. The van der Waals surface area contributed by atoms with E-state index >= 15 is 0 Å². The van der Waals surface area contributed by atoms with Gasteiger partial charge in [-0.05, 0) is 26.7 Å². The molecule has 0 unspecified atom stereocenters. The molecule has 0 fully saturated rings. The van der Waals surface area contributed by atoms with Gasteiger partial charge in [0.25, 0.3) is 0 Å². The molecule has 1 heterocycles. The molecule has 20 heavy (non-hydrogen) atoms. The van der Waals surface area contributed by atoms with E-state index in [9.17, 15) is 0 Å². The van der Waals surface area contributed by atoms with Gasteiger partial charge in [0.05, 0.1) is 12.2 Å². The van der Waals surface area contributed by atoms with Crippen molar-refractivity contribution in [1.29, 1.82) is 0 Å². The average molecular weight is 393 g/mol. The number of rotatable bonds is 6. The van der Waals surface area contributed by atoms with E-state index in [1.807, 2.05) is 11.7 Å². The van der Waals surface area contributed by atoms with Gasteiger partial charge in [-0.2, -0.15) is 5.10 Å². The van der Waals surface area contributed by atoms with Crippen molar-refractivity contribution in [3.63, 3.8) is 0 Å². The lowest BCUT2D eigenvalue weighted by Crippen LogP contribution is -2.37. The van der Waals surface area contributed by atoms with E-state index in [0.29, 0.717) is 6.54 Å². The number of aliphatic imine (C=N–C) groups is 1. The molecule has 1 aromatic heterocycles. The van der Waals surface area contributed by atoms with E-state index in [1.54, 1.807) is 0 Å². The van der Waals surface area contributed by atoms with E-state index in [2.05, 4.69) is 48.4 Å². The van der Waals surface area contributed by atoms with Crippen molar-refractivity contribution in [1.82, 2.24) is 20.4 Å². The summed E-state index contributed by atoms with van der Waals surface area (Å²) in [4.78, 5) is 4.65. The van der Waals surface area contributed by atoms with Crippen LogP contribution in [0.1, 0.15) is 44.6 Å². The molecule has 5 nitrogen and oxygen atoms in total. The monoisotopic (exact) mass is 393 g/mol. The van der Waals surface area contributed by atoms with Crippen molar-refractivity contribution in [2.75, 3.05) is 13.1 Å². The standard InChI is InChI=1S/C14H27N5.HI/c1-6-12-11(13(7-2)19(5)18-12)10-17-14(15-8-3)16-9-4;/h6-10H2,1-5H3,(H2,15,16,17);1H. The summed E-state index contributed by atoms with van der Waals surface area (Å²) in [6, 6.07) is 0. The van der Waals surface area contributed by atoms with E-state index in [1.165, 1.54) is 11.3 Å². The highest BCUT2D eigenvalue weighted by atomic mass is 127. The van der Waals surface area contributed by atoms with Crippen molar-refractivity contribution in [3.8, 4) is 0 Å². The van der Waals surface area contributed by atoms with Crippen LogP contribution in [0.3, 0.4) is 0 Å². The average Bonchev–Trinajstić information content (AvgIpc) is 2.71. The Labute approximate surface area is 139 Å². The fourth-order valence-corrected chi connectivity index (χ4v) is 2.24. The van der Waals surface area contributed by atoms with Gasteiger partial charge in [0.1, 0.15) is 0 Å². The summed E-state index contributed by atoms with van der Waals surface area (Å²) in [5, 5.41) is 11.1. The first-order valence-electron chi connectivity index (χ1n) is 7.23. The first-order valence-corrected chi connectivity index (χ1v) is 7.23. The molecule has 0 atom stereocenters.